The van der Waals surface area contributed by atoms with Gasteiger partial charge in [0.1, 0.15) is 6.10 Å². The number of ether oxygens (including phenoxy) is 5. The van der Waals surface area contributed by atoms with Crippen molar-refractivity contribution in [1.29, 1.82) is 0 Å². The van der Waals surface area contributed by atoms with E-state index in [2.05, 4.69) is 51.6 Å². The Morgan fingerprint density at radius 2 is 1.00 bits per heavy atom. The van der Waals surface area contributed by atoms with Crippen molar-refractivity contribution in [2.75, 3.05) is 13.2 Å². The summed E-state index contributed by atoms with van der Waals surface area (Å²) in [6.07, 6.45) is -3.41. The van der Waals surface area contributed by atoms with E-state index in [4.69, 9.17) is 28.1 Å². The number of benzene rings is 5. The fraction of sp³-hybridized carbons (Fsp3) is 0.271. The van der Waals surface area contributed by atoms with Crippen molar-refractivity contribution >= 4 is 36.6 Å². The molecule has 1 unspecified atom stereocenters. The summed E-state index contributed by atoms with van der Waals surface area (Å²) in [6.45, 7) is 10.4. The molecule has 1 fully saturated rings. The molecule has 10 heteroatoms. The van der Waals surface area contributed by atoms with Crippen LogP contribution in [0, 0.1) is 0 Å². The van der Waals surface area contributed by atoms with E-state index in [-0.39, 0.29) is 29.9 Å². The number of carbonyl (C=O) groups excluding carboxylic acids is 3. The van der Waals surface area contributed by atoms with Crippen LogP contribution >= 0.6 is 0 Å². The van der Waals surface area contributed by atoms with Gasteiger partial charge in [0, 0.05) is 0 Å². The number of hydrogen-bond acceptors (Lipinski definition) is 9. The highest BCUT2D eigenvalue weighted by atomic mass is 28.4. The van der Waals surface area contributed by atoms with Crippen LogP contribution in [0.3, 0.4) is 0 Å². The highest BCUT2D eigenvalue weighted by Gasteiger charge is 2.56. The second-order valence-electron chi connectivity index (χ2n) is 15.0. The standard InChI is InChI=1S/C48H50O9Si/c1-5-6-22-33-52-47-43(57-46(51)37-27-16-9-17-28-37)42(56-45(50)36-25-14-8-15-26-36)41(55-44(49)35-23-12-7-13-24-35)40(54-47)34-53-58(48(2,3)4,38-29-18-10-19-30-38)39-31-20-11-21-32-39/h5,7-21,23-32,40-43,47H,1,6,22,33-34H2,2-4H3/t40-,41-,42+,43-,47?/m1/s1. The van der Waals surface area contributed by atoms with E-state index in [1.807, 2.05) is 36.4 Å². The van der Waals surface area contributed by atoms with Crippen molar-refractivity contribution in [1.82, 2.24) is 0 Å². The van der Waals surface area contributed by atoms with Gasteiger partial charge in [0.15, 0.2) is 24.6 Å². The average molecular weight is 799 g/mol. The lowest BCUT2D eigenvalue weighted by molar-refractivity contribution is -0.297. The third kappa shape index (κ3) is 9.89. The summed E-state index contributed by atoms with van der Waals surface area (Å²) in [5.74, 6) is -2.11. The van der Waals surface area contributed by atoms with E-state index in [9.17, 15) is 14.4 Å². The molecule has 0 N–H and O–H groups in total. The van der Waals surface area contributed by atoms with Gasteiger partial charge in [-0.1, -0.05) is 142 Å². The SMILES string of the molecule is C=CCCCOC1O[C@H](CO[Si](c2ccccc2)(c2ccccc2)C(C)(C)C)[C@@H](OC(=O)c2ccccc2)[C@H](OC(=O)c2ccccc2)[C@H]1OC(=O)c1ccccc1. The van der Waals surface area contributed by atoms with Crippen LogP contribution in [-0.2, 0) is 28.1 Å². The molecular formula is C48H50O9Si. The molecule has 0 bridgehead atoms. The van der Waals surface area contributed by atoms with Crippen LogP contribution in [0.25, 0.3) is 0 Å². The molecule has 0 aromatic heterocycles. The van der Waals surface area contributed by atoms with Crippen molar-refractivity contribution in [3.05, 3.63) is 181 Å². The quantitative estimate of drug-likeness (QED) is 0.0323. The molecule has 1 saturated heterocycles. The zero-order chi connectivity index (χ0) is 41.0. The first-order valence-electron chi connectivity index (χ1n) is 19.5. The smallest absolute Gasteiger partial charge is 0.338 e. The molecule has 0 radical (unpaired) electrons. The molecule has 9 nitrogen and oxygen atoms in total. The third-order valence-electron chi connectivity index (χ3n) is 10.1. The Kier molecular flexibility index (Phi) is 14.2. The monoisotopic (exact) mass is 798 g/mol. The van der Waals surface area contributed by atoms with Gasteiger partial charge in [0.25, 0.3) is 8.32 Å². The number of rotatable bonds is 16. The summed E-state index contributed by atoms with van der Waals surface area (Å²) in [4.78, 5) is 41.9. The molecule has 0 aliphatic carbocycles. The van der Waals surface area contributed by atoms with Crippen LogP contribution in [-0.4, -0.2) is 70.1 Å². The number of carbonyl (C=O) groups is 3. The minimum Gasteiger partial charge on any atom is -0.452 e. The Hall–Kier alpha value is -5.65. The number of unbranched alkanes of at least 4 members (excludes halogenated alkanes) is 1. The molecule has 1 heterocycles. The molecule has 6 rings (SSSR count). The fourth-order valence-electron chi connectivity index (χ4n) is 7.24. The molecule has 58 heavy (non-hydrogen) atoms. The van der Waals surface area contributed by atoms with E-state index in [0.717, 1.165) is 10.4 Å². The topological polar surface area (TPSA) is 107 Å². The predicted octanol–water partition coefficient (Wildman–Crippen LogP) is 7.95. The van der Waals surface area contributed by atoms with Crippen LogP contribution in [0.4, 0.5) is 0 Å². The summed E-state index contributed by atoms with van der Waals surface area (Å²) >= 11 is 0. The van der Waals surface area contributed by atoms with E-state index >= 15 is 0 Å². The van der Waals surface area contributed by atoms with E-state index in [0.29, 0.717) is 12.8 Å². The van der Waals surface area contributed by atoms with Gasteiger partial charge in [-0.05, 0) is 64.7 Å². The third-order valence-corrected chi connectivity index (χ3v) is 15.1. The Labute approximate surface area is 341 Å². The Morgan fingerprint density at radius 3 is 1.41 bits per heavy atom. The molecule has 300 valence electrons. The maximum Gasteiger partial charge on any atom is 0.338 e. The molecule has 5 aromatic rings. The fourth-order valence-corrected chi connectivity index (χ4v) is 11.8. The lowest BCUT2D eigenvalue weighted by Gasteiger charge is -2.47. The summed E-state index contributed by atoms with van der Waals surface area (Å²) in [5.41, 5.74) is 0.776. The first kappa shape index (κ1) is 42.0. The van der Waals surface area contributed by atoms with Gasteiger partial charge < -0.3 is 28.1 Å². The van der Waals surface area contributed by atoms with Crippen LogP contribution in [0.1, 0.15) is 64.7 Å². The van der Waals surface area contributed by atoms with E-state index < -0.39 is 62.0 Å². The van der Waals surface area contributed by atoms with Gasteiger partial charge in [0.2, 0.25) is 0 Å². The Morgan fingerprint density at radius 1 is 0.603 bits per heavy atom. The van der Waals surface area contributed by atoms with Crippen molar-refractivity contribution in [3.63, 3.8) is 0 Å². The minimum atomic E-state index is -3.18. The number of allylic oxidation sites excluding steroid dienone is 1. The van der Waals surface area contributed by atoms with Crippen LogP contribution in [0.15, 0.2) is 164 Å². The second-order valence-corrected chi connectivity index (χ2v) is 19.3. The summed E-state index contributed by atoms with van der Waals surface area (Å²) in [7, 11) is -3.18. The Bertz CT molecular complexity index is 2030. The lowest BCUT2D eigenvalue weighted by Crippen LogP contribution is -2.69. The van der Waals surface area contributed by atoms with Crippen LogP contribution in [0.2, 0.25) is 5.04 Å². The molecule has 1 aliphatic heterocycles. The van der Waals surface area contributed by atoms with Crippen molar-refractivity contribution < 1.29 is 42.5 Å². The normalized spacial score (nSPS) is 19.4. The van der Waals surface area contributed by atoms with Crippen molar-refractivity contribution in [3.8, 4) is 0 Å². The average Bonchev–Trinajstić information content (AvgIpc) is 3.25. The minimum absolute atomic E-state index is 0.106. The van der Waals surface area contributed by atoms with Gasteiger partial charge in [-0.15, -0.1) is 6.58 Å². The molecule has 0 saturated carbocycles. The predicted molar refractivity (Wildman–Crippen MR) is 225 cm³/mol. The van der Waals surface area contributed by atoms with Gasteiger partial charge in [-0.25, -0.2) is 14.4 Å². The molecule has 5 aromatic carbocycles. The molecule has 0 amide bonds. The molecule has 0 spiro atoms. The maximum absolute atomic E-state index is 14.0. The summed E-state index contributed by atoms with van der Waals surface area (Å²) in [5, 5.41) is 1.65. The second kappa shape index (κ2) is 19.7. The molecule has 1 aliphatic rings. The van der Waals surface area contributed by atoms with Gasteiger partial charge in [-0.2, -0.15) is 0 Å². The van der Waals surface area contributed by atoms with E-state index in [1.165, 1.54) is 0 Å². The van der Waals surface area contributed by atoms with Crippen molar-refractivity contribution in [2.24, 2.45) is 0 Å². The first-order chi connectivity index (χ1) is 28.1. The zero-order valence-electron chi connectivity index (χ0n) is 33.1. The first-order valence-corrected chi connectivity index (χ1v) is 21.4. The number of hydrogen-bond donors (Lipinski definition) is 0. The van der Waals surface area contributed by atoms with Crippen molar-refractivity contribution in [2.45, 2.75) is 69.4 Å². The van der Waals surface area contributed by atoms with Gasteiger partial charge in [-0.3, -0.25) is 0 Å². The van der Waals surface area contributed by atoms with Crippen LogP contribution in [0.5, 0.6) is 0 Å². The highest BCUT2D eigenvalue weighted by Crippen LogP contribution is 2.38. The number of esters is 3. The van der Waals surface area contributed by atoms with E-state index in [1.54, 1.807) is 97.1 Å². The lowest BCUT2D eigenvalue weighted by atomic mass is 9.97. The molecule has 5 atom stereocenters. The summed E-state index contributed by atoms with van der Waals surface area (Å²) < 4.78 is 39.3. The molecular weight excluding hydrogens is 749 g/mol. The van der Waals surface area contributed by atoms with Gasteiger partial charge >= 0.3 is 17.9 Å². The Balaban J connectivity index is 1.47. The maximum atomic E-state index is 14.0. The largest absolute Gasteiger partial charge is 0.452 e. The zero-order valence-corrected chi connectivity index (χ0v) is 34.1. The van der Waals surface area contributed by atoms with Crippen LogP contribution < -0.4 is 10.4 Å². The van der Waals surface area contributed by atoms with Gasteiger partial charge in [0.05, 0.1) is 29.9 Å². The summed E-state index contributed by atoms with van der Waals surface area (Å²) in [6, 6.07) is 45.6. The highest BCUT2D eigenvalue weighted by molar-refractivity contribution is 6.99.